The van der Waals surface area contributed by atoms with Crippen LogP contribution in [0.4, 0.5) is 13.2 Å². The van der Waals surface area contributed by atoms with Crippen molar-refractivity contribution in [3.63, 3.8) is 0 Å². The lowest BCUT2D eigenvalue weighted by molar-refractivity contribution is -0.137. The monoisotopic (exact) mass is 369 g/mol. The van der Waals surface area contributed by atoms with Gasteiger partial charge in [-0.3, -0.25) is 0 Å². The van der Waals surface area contributed by atoms with Crippen molar-refractivity contribution < 1.29 is 22.3 Å². The summed E-state index contributed by atoms with van der Waals surface area (Å²) in [6.45, 7) is 0. The van der Waals surface area contributed by atoms with Gasteiger partial charge in [-0.2, -0.15) is 13.2 Å². The number of alkyl halides is 3. The van der Waals surface area contributed by atoms with Crippen LogP contribution in [0.15, 0.2) is 71.1 Å². The van der Waals surface area contributed by atoms with Crippen molar-refractivity contribution in [1.29, 1.82) is 0 Å². The van der Waals surface area contributed by atoms with Crippen molar-refractivity contribution in [3.8, 4) is 28.3 Å². The zero-order chi connectivity index (χ0) is 19.0. The Kier molecular flexibility index (Phi) is 4.11. The summed E-state index contributed by atoms with van der Waals surface area (Å²) in [5.41, 5.74) is 1.55. The number of oxazole rings is 1. The molecule has 0 amide bonds. The second kappa shape index (κ2) is 6.46. The predicted molar refractivity (Wildman–Crippen MR) is 96.4 cm³/mol. The maximum atomic E-state index is 13.3. The summed E-state index contributed by atoms with van der Waals surface area (Å²) in [5, 5.41) is 0. The molecule has 0 aliphatic rings. The minimum Gasteiger partial charge on any atom is -0.497 e. The molecule has 27 heavy (non-hydrogen) atoms. The Morgan fingerprint density at radius 1 is 0.889 bits per heavy atom. The van der Waals surface area contributed by atoms with E-state index in [1.165, 1.54) is 12.1 Å². The number of hydrogen-bond donors (Lipinski definition) is 0. The van der Waals surface area contributed by atoms with Gasteiger partial charge in [0.1, 0.15) is 11.3 Å². The summed E-state index contributed by atoms with van der Waals surface area (Å²) in [6.07, 6.45) is -4.43. The Morgan fingerprint density at radius 2 is 1.70 bits per heavy atom. The number of benzene rings is 3. The molecule has 0 atom stereocenters. The summed E-state index contributed by atoms with van der Waals surface area (Å²) in [7, 11) is 1.57. The van der Waals surface area contributed by atoms with E-state index >= 15 is 0 Å². The van der Waals surface area contributed by atoms with Crippen molar-refractivity contribution in [3.05, 3.63) is 72.3 Å². The molecule has 0 N–H and O–H groups in total. The molecule has 0 unspecified atom stereocenters. The van der Waals surface area contributed by atoms with Crippen LogP contribution in [0.3, 0.4) is 0 Å². The molecule has 0 saturated heterocycles. The van der Waals surface area contributed by atoms with Crippen LogP contribution in [0.1, 0.15) is 5.56 Å². The van der Waals surface area contributed by atoms with Gasteiger partial charge in [-0.15, -0.1) is 0 Å². The van der Waals surface area contributed by atoms with Gasteiger partial charge in [-0.05, 0) is 47.5 Å². The Hall–Kier alpha value is -3.28. The Labute approximate surface area is 153 Å². The zero-order valence-corrected chi connectivity index (χ0v) is 14.2. The highest BCUT2D eigenvalue weighted by Crippen LogP contribution is 2.38. The average molecular weight is 369 g/mol. The van der Waals surface area contributed by atoms with E-state index in [2.05, 4.69) is 4.98 Å². The smallest absolute Gasteiger partial charge is 0.417 e. The second-order valence-corrected chi connectivity index (χ2v) is 5.98. The first kappa shape index (κ1) is 17.1. The van der Waals surface area contributed by atoms with Crippen molar-refractivity contribution in [1.82, 2.24) is 4.98 Å². The fourth-order valence-corrected chi connectivity index (χ4v) is 2.95. The molecule has 3 nitrogen and oxygen atoms in total. The first-order chi connectivity index (χ1) is 13.0. The largest absolute Gasteiger partial charge is 0.497 e. The molecule has 1 aromatic heterocycles. The molecule has 0 bridgehead atoms. The Balaban J connectivity index is 1.80. The summed E-state index contributed by atoms with van der Waals surface area (Å²) in [5.74, 6) is 1.04. The van der Waals surface area contributed by atoms with E-state index in [9.17, 15) is 13.2 Å². The molecule has 3 aromatic carbocycles. The topological polar surface area (TPSA) is 35.3 Å². The van der Waals surface area contributed by atoms with Crippen molar-refractivity contribution in [2.45, 2.75) is 6.18 Å². The number of hydrogen-bond acceptors (Lipinski definition) is 3. The van der Waals surface area contributed by atoms with E-state index in [1.807, 2.05) is 12.1 Å². The minimum absolute atomic E-state index is 0.103. The molecule has 4 aromatic rings. The fourth-order valence-electron chi connectivity index (χ4n) is 2.95. The van der Waals surface area contributed by atoms with Crippen LogP contribution in [-0.4, -0.2) is 12.1 Å². The number of aromatic nitrogens is 1. The number of methoxy groups -OCH3 is 1. The van der Waals surface area contributed by atoms with E-state index in [0.717, 1.165) is 11.6 Å². The highest BCUT2D eigenvalue weighted by molar-refractivity contribution is 5.83. The van der Waals surface area contributed by atoms with Crippen LogP contribution in [0.5, 0.6) is 5.75 Å². The Bertz CT molecular complexity index is 1120. The van der Waals surface area contributed by atoms with Gasteiger partial charge >= 0.3 is 6.18 Å². The number of fused-ring (bicyclic) bond motifs is 1. The number of ether oxygens (including phenoxy) is 1. The summed E-state index contributed by atoms with van der Waals surface area (Å²) < 4.78 is 50.9. The maximum Gasteiger partial charge on any atom is 0.417 e. The predicted octanol–water partition coefficient (Wildman–Crippen LogP) is 6.19. The number of halogens is 3. The van der Waals surface area contributed by atoms with Gasteiger partial charge in [0.05, 0.1) is 12.7 Å². The van der Waals surface area contributed by atoms with E-state index < -0.39 is 11.7 Å². The lowest BCUT2D eigenvalue weighted by atomic mass is 9.99. The van der Waals surface area contributed by atoms with Crippen molar-refractivity contribution in [2.75, 3.05) is 7.11 Å². The van der Waals surface area contributed by atoms with Crippen LogP contribution in [0.2, 0.25) is 0 Å². The van der Waals surface area contributed by atoms with Gasteiger partial charge in [0, 0.05) is 5.56 Å². The number of nitrogens with zero attached hydrogens (tertiary/aromatic N) is 1. The van der Waals surface area contributed by atoms with Gasteiger partial charge in [0.25, 0.3) is 0 Å². The van der Waals surface area contributed by atoms with Crippen LogP contribution >= 0.6 is 0 Å². The van der Waals surface area contributed by atoms with Gasteiger partial charge in [-0.1, -0.05) is 30.3 Å². The molecule has 0 spiro atoms. The third-order valence-electron chi connectivity index (χ3n) is 4.25. The standard InChI is InChI=1S/C21H14F3NO2/c1-26-15-6-4-5-14(11-15)20-25-18-10-9-13(12-19(18)27-20)16-7-2-3-8-17(16)21(22,23)24/h2-12H,1H3. The highest BCUT2D eigenvalue weighted by atomic mass is 19.4. The number of rotatable bonds is 3. The van der Waals surface area contributed by atoms with Gasteiger partial charge in [-0.25, -0.2) is 4.98 Å². The average Bonchev–Trinajstić information content (AvgIpc) is 3.11. The quantitative estimate of drug-likeness (QED) is 0.432. The molecule has 136 valence electrons. The van der Waals surface area contributed by atoms with Crippen LogP contribution in [0.25, 0.3) is 33.7 Å². The van der Waals surface area contributed by atoms with E-state index in [-0.39, 0.29) is 5.56 Å². The van der Waals surface area contributed by atoms with E-state index in [1.54, 1.807) is 43.5 Å². The molecule has 6 heteroatoms. The maximum absolute atomic E-state index is 13.3. The van der Waals surface area contributed by atoms with Gasteiger partial charge in [0.2, 0.25) is 5.89 Å². The third kappa shape index (κ3) is 3.26. The van der Waals surface area contributed by atoms with Crippen LogP contribution in [0, 0.1) is 0 Å². The molecule has 0 aliphatic carbocycles. The molecular weight excluding hydrogens is 355 g/mol. The van der Waals surface area contributed by atoms with Gasteiger partial charge < -0.3 is 9.15 Å². The zero-order valence-electron chi connectivity index (χ0n) is 14.2. The molecule has 0 saturated carbocycles. The molecule has 0 fully saturated rings. The lowest BCUT2D eigenvalue weighted by Gasteiger charge is -2.12. The lowest BCUT2D eigenvalue weighted by Crippen LogP contribution is -2.06. The molecular formula is C21H14F3NO2. The summed E-state index contributed by atoms with van der Waals surface area (Å²) >= 11 is 0. The van der Waals surface area contributed by atoms with Crippen molar-refractivity contribution >= 4 is 11.1 Å². The third-order valence-corrected chi connectivity index (χ3v) is 4.25. The summed E-state index contributed by atoms with van der Waals surface area (Å²) in [4.78, 5) is 4.42. The normalized spacial score (nSPS) is 11.7. The second-order valence-electron chi connectivity index (χ2n) is 5.98. The fraction of sp³-hybridized carbons (Fsp3) is 0.0952. The summed E-state index contributed by atoms with van der Waals surface area (Å²) in [6, 6.07) is 17.6. The first-order valence-corrected chi connectivity index (χ1v) is 8.17. The molecule has 0 radical (unpaired) electrons. The van der Waals surface area contributed by atoms with E-state index in [4.69, 9.17) is 9.15 Å². The Morgan fingerprint density at radius 3 is 2.48 bits per heavy atom. The van der Waals surface area contributed by atoms with Gasteiger partial charge in [0.15, 0.2) is 5.58 Å². The van der Waals surface area contributed by atoms with E-state index in [0.29, 0.717) is 28.3 Å². The highest BCUT2D eigenvalue weighted by Gasteiger charge is 2.33. The van der Waals surface area contributed by atoms with Crippen LogP contribution in [-0.2, 0) is 6.18 Å². The molecule has 0 aliphatic heterocycles. The SMILES string of the molecule is COc1cccc(-c2nc3ccc(-c4ccccc4C(F)(F)F)cc3o2)c1. The molecule has 1 heterocycles. The minimum atomic E-state index is -4.43. The van der Waals surface area contributed by atoms with Crippen LogP contribution < -0.4 is 4.74 Å². The first-order valence-electron chi connectivity index (χ1n) is 8.17. The van der Waals surface area contributed by atoms with Crippen molar-refractivity contribution in [2.24, 2.45) is 0 Å². The molecule has 4 rings (SSSR count).